The third kappa shape index (κ3) is 8.24. The summed E-state index contributed by atoms with van der Waals surface area (Å²) in [7, 11) is 4.10. The molecular formula is C16H35IN4. The molecule has 0 aromatic heterocycles. The minimum atomic E-state index is 0. The highest BCUT2D eigenvalue weighted by Crippen LogP contribution is 2.15. The SMILES string of the molecule is CN=C(NCCCCN(C)C(C)C)N1CCCC(C)C1.I. The summed E-state index contributed by atoms with van der Waals surface area (Å²) in [6.07, 6.45) is 5.10. The Morgan fingerprint density at radius 1 is 1.38 bits per heavy atom. The number of aliphatic imine (C=N–C) groups is 1. The third-order valence-corrected chi connectivity index (χ3v) is 4.27. The Morgan fingerprint density at radius 2 is 2.10 bits per heavy atom. The minimum absolute atomic E-state index is 0. The van der Waals surface area contributed by atoms with Crippen LogP contribution in [0.15, 0.2) is 4.99 Å². The van der Waals surface area contributed by atoms with Crippen molar-refractivity contribution in [3.05, 3.63) is 0 Å². The van der Waals surface area contributed by atoms with Crippen LogP contribution < -0.4 is 5.32 Å². The van der Waals surface area contributed by atoms with Crippen molar-refractivity contribution in [1.82, 2.24) is 15.1 Å². The first-order chi connectivity index (χ1) is 9.54. The summed E-state index contributed by atoms with van der Waals surface area (Å²) in [4.78, 5) is 9.24. The third-order valence-electron chi connectivity index (χ3n) is 4.27. The average Bonchev–Trinajstić information content (AvgIpc) is 2.42. The molecule has 126 valence electrons. The molecule has 0 spiro atoms. The van der Waals surface area contributed by atoms with Crippen LogP contribution >= 0.6 is 24.0 Å². The maximum atomic E-state index is 4.43. The lowest BCUT2D eigenvalue weighted by molar-refractivity contribution is 0.262. The van der Waals surface area contributed by atoms with E-state index in [1.165, 1.54) is 32.2 Å². The fraction of sp³-hybridized carbons (Fsp3) is 0.938. The average molecular weight is 410 g/mol. The number of piperidine rings is 1. The lowest BCUT2D eigenvalue weighted by atomic mass is 10.0. The Labute approximate surface area is 148 Å². The van der Waals surface area contributed by atoms with E-state index in [0.29, 0.717) is 6.04 Å². The lowest BCUT2D eigenvalue weighted by Gasteiger charge is -2.33. The van der Waals surface area contributed by atoms with Crippen LogP contribution in [0, 0.1) is 5.92 Å². The van der Waals surface area contributed by atoms with Crippen LogP contribution in [-0.4, -0.2) is 62.1 Å². The molecule has 0 saturated carbocycles. The van der Waals surface area contributed by atoms with Crippen molar-refractivity contribution in [1.29, 1.82) is 0 Å². The zero-order valence-electron chi connectivity index (χ0n) is 14.6. The van der Waals surface area contributed by atoms with Gasteiger partial charge in [-0.05, 0) is 59.0 Å². The van der Waals surface area contributed by atoms with Crippen LogP contribution in [-0.2, 0) is 0 Å². The van der Waals surface area contributed by atoms with Gasteiger partial charge in [0, 0.05) is 32.7 Å². The summed E-state index contributed by atoms with van der Waals surface area (Å²) < 4.78 is 0. The Morgan fingerprint density at radius 3 is 2.67 bits per heavy atom. The highest BCUT2D eigenvalue weighted by atomic mass is 127. The standard InChI is InChI=1S/C16H34N4.HI/c1-14(2)19(5)11-7-6-10-18-16(17-4)20-12-8-9-15(3)13-20;/h14-15H,6-13H2,1-5H3,(H,17,18);1H. The number of rotatable bonds is 6. The highest BCUT2D eigenvalue weighted by Gasteiger charge is 2.18. The van der Waals surface area contributed by atoms with Crippen molar-refractivity contribution in [2.45, 2.75) is 52.5 Å². The molecule has 5 heteroatoms. The molecule has 0 amide bonds. The van der Waals surface area contributed by atoms with Gasteiger partial charge in [0.1, 0.15) is 0 Å². The van der Waals surface area contributed by atoms with Crippen LogP contribution in [0.4, 0.5) is 0 Å². The van der Waals surface area contributed by atoms with E-state index >= 15 is 0 Å². The van der Waals surface area contributed by atoms with Gasteiger partial charge in [0.15, 0.2) is 5.96 Å². The van der Waals surface area contributed by atoms with Gasteiger partial charge in [-0.15, -0.1) is 24.0 Å². The van der Waals surface area contributed by atoms with E-state index in [1.807, 2.05) is 7.05 Å². The largest absolute Gasteiger partial charge is 0.356 e. The van der Waals surface area contributed by atoms with E-state index in [-0.39, 0.29) is 24.0 Å². The number of likely N-dealkylation sites (tertiary alicyclic amines) is 1. The summed E-state index contributed by atoms with van der Waals surface area (Å²) in [5.74, 6) is 1.88. The van der Waals surface area contributed by atoms with Gasteiger partial charge >= 0.3 is 0 Å². The molecule has 1 saturated heterocycles. The Hall–Kier alpha value is -0.0400. The Balaban J connectivity index is 0.00000400. The van der Waals surface area contributed by atoms with E-state index in [1.54, 1.807) is 0 Å². The van der Waals surface area contributed by atoms with E-state index in [4.69, 9.17) is 0 Å². The van der Waals surface area contributed by atoms with Gasteiger partial charge in [-0.2, -0.15) is 0 Å². The Bertz CT molecular complexity index is 294. The van der Waals surface area contributed by atoms with Crippen molar-refractivity contribution in [3.63, 3.8) is 0 Å². The molecule has 1 aliphatic rings. The monoisotopic (exact) mass is 410 g/mol. The molecule has 1 aliphatic heterocycles. The molecule has 21 heavy (non-hydrogen) atoms. The Kier molecular flexibility index (Phi) is 11.5. The number of hydrogen-bond donors (Lipinski definition) is 1. The summed E-state index contributed by atoms with van der Waals surface area (Å²) >= 11 is 0. The van der Waals surface area contributed by atoms with E-state index in [0.717, 1.165) is 31.5 Å². The predicted molar refractivity (Wildman–Crippen MR) is 104 cm³/mol. The van der Waals surface area contributed by atoms with Gasteiger partial charge in [0.25, 0.3) is 0 Å². The molecular weight excluding hydrogens is 375 g/mol. The predicted octanol–water partition coefficient (Wildman–Crippen LogP) is 3.03. The van der Waals surface area contributed by atoms with Gasteiger partial charge in [0.2, 0.25) is 0 Å². The lowest BCUT2D eigenvalue weighted by Crippen LogP contribution is -2.46. The summed E-state index contributed by atoms with van der Waals surface area (Å²) in [5, 5.41) is 3.52. The van der Waals surface area contributed by atoms with E-state index < -0.39 is 0 Å². The fourth-order valence-electron chi connectivity index (χ4n) is 2.66. The zero-order valence-corrected chi connectivity index (χ0v) is 16.9. The fourth-order valence-corrected chi connectivity index (χ4v) is 2.66. The smallest absolute Gasteiger partial charge is 0.193 e. The molecule has 1 N–H and O–H groups in total. The molecule has 0 aliphatic carbocycles. The number of guanidine groups is 1. The summed E-state index contributed by atoms with van der Waals surface area (Å²) in [5.41, 5.74) is 0. The quantitative estimate of drug-likeness (QED) is 0.316. The van der Waals surface area contributed by atoms with Crippen molar-refractivity contribution >= 4 is 29.9 Å². The number of hydrogen-bond acceptors (Lipinski definition) is 2. The first kappa shape index (κ1) is 21.0. The van der Waals surface area contributed by atoms with Gasteiger partial charge in [-0.1, -0.05) is 6.92 Å². The van der Waals surface area contributed by atoms with Gasteiger partial charge < -0.3 is 15.1 Å². The van der Waals surface area contributed by atoms with Crippen LogP contribution in [0.25, 0.3) is 0 Å². The van der Waals surface area contributed by atoms with Crippen molar-refractivity contribution in [2.75, 3.05) is 40.3 Å². The second-order valence-electron chi connectivity index (χ2n) is 6.45. The van der Waals surface area contributed by atoms with Crippen LogP contribution in [0.2, 0.25) is 0 Å². The maximum Gasteiger partial charge on any atom is 0.193 e. The first-order valence-corrected chi connectivity index (χ1v) is 8.20. The maximum absolute atomic E-state index is 4.43. The van der Waals surface area contributed by atoms with Gasteiger partial charge in [-0.3, -0.25) is 4.99 Å². The molecule has 4 nitrogen and oxygen atoms in total. The molecule has 1 fully saturated rings. The summed E-state index contributed by atoms with van der Waals surface area (Å²) in [6.45, 7) is 11.3. The molecule has 0 bridgehead atoms. The zero-order chi connectivity index (χ0) is 15.0. The van der Waals surface area contributed by atoms with Crippen molar-refractivity contribution in [2.24, 2.45) is 10.9 Å². The molecule has 0 radical (unpaired) electrons. The van der Waals surface area contributed by atoms with Crippen LogP contribution in [0.1, 0.15) is 46.5 Å². The van der Waals surface area contributed by atoms with Crippen LogP contribution in [0.5, 0.6) is 0 Å². The highest BCUT2D eigenvalue weighted by molar-refractivity contribution is 14.0. The molecule has 0 aromatic carbocycles. The van der Waals surface area contributed by atoms with Gasteiger partial charge in [0.05, 0.1) is 0 Å². The molecule has 0 aromatic rings. The molecule has 1 rings (SSSR count). The molecule has 1 unspecified atom stereocenters. The number of nitrogens with one attached hydrogen (secondary N) is 1. The van der Waals surface area contributed by atoms with Gasteiger partial charge in [-0.25, -0.2) is 0 Å². The second kappa shape index (κ2) is 11.5. The van der Waals surface area contributed by atoms with Crippen LogP contribution in [0.3, 0.4) is 0 Å². The topological polar surface area (TPSA) is 30.9 Å². The number of halogens is 1. The van der Waals surface area contributed by atoms with E-state index in [9.17, 15) is 0 Å². The second-order valence-corrected chi connectivity index (χ2v) is 6.45. The molecule has 1 atom stereocenters. The van der Waals surface area contributed by atoms with Crippen molar-refractivity contribution in [3.8, 4) is 0 Å². The minimum Gasteiger partial charge on any atom is -0.356 e. The first-order valence-electron chi connectivity index (χ1n) is 8.20. The van der Waals surface area contributed by atoms with Crippen molar-refractivity contribution < 1.29 is 0 Å². The molecule has 1 heterocycles. The summed E-state index contributed by atoms with van der Waals surface area (Å²) in [6, 6.07) is 0.644. The van der Waals surface area contributed by atoms with E-state index in [2.05, 4.69) is 47.9 Å². The number of nitrogens with zero attached hydrogens (tertiary/aromatic N) is 3. The normalized spacial score (nSPS) is 19.9. The number of unbranched alkanes of at least 4 members (excludes halogenated alkanes) is 1.